The highest BCUT2D eigenvalue weighted by Gasteiger charge is 2.35. The second-order valence-electron chi connectivity index (χ2n) is 9.81. The number of rotatable bonds is 7. The minimum absolute atomic E-state index is 0.0234. The maximum atomic E-state index is 13.7. The fourth-order valence-electron chi connectivity index (χ4n) is 4.89. The summed E-state index contributed by atoms with van der Waals surface area (Å²) in [6, 6.07) is 11.7. The molecule has 1 fully saturated rings. The number of hydrogen-bond acceptors (Lipinski definition) is 7. The van der Waals surface area contributed by atoms with Crippen LogP contribution in [-0.2, 0) is 14.3 Å². The van der Waals surface area contributed by atoms with Crippen LogP contribution < -0.4 is 9.47 Å². The molecular formula is C28H34N4O5. The molecule has 3 aliphatic rings. The van der Waals surface area contributed by atoms with Gasteiger partial charge in [0.05, 0.1) is 25.0 Å². The molecule has 3 heterocycles. The predicted molar refractivity (Wildman–Crippen MR) is 139 cm³/mol. The highest BCUT2D eigenvalue weighted by atomic mass is 16.7. The number of aryl methyl sites for hydroxylation is 2. The molecule has 0 aromatic heterocycles. The lowest BCUT2D eigenvalue weighted by atomic mass is 9.96. The van der Waals surface area contributed by atoms with Crippen molar-refractivity contribution in [1.82, 2.24) is 14.8 Å². The van der Waals surface area contributed by atoms with Gasteiger partial charge in [0.25, 0.3) is 5.91 Å². The van der Waals surface area contributed by atoms with Gasteiger partial charge < -0.3 is 19.1 Å². The van der Waals surface area contributed by atoms with Crippen molar-refractivity contribution in [2.45, 2.75) is 33.2 Å². The van der Waals surface area contributed by atoms with E-state index in [0.717, 1.165) is 29.9 Å². The molecular weight excluding hydrogens is 472 g/mol. The highest BCUT2D eigenvalue weighted by Crippen LogP contribution is 2.39. The molecule has 2 amide bonds. The van der Waals surface area contributed by atoms with Crippen LogP contribution in [0.25, 0.3) is 0 Å². The molecule has 0 radical (unpaired) electrons. The Kier molecular flexibility index (Phi) is 7.43. The summed E-state index contributed by atoms with van der Waals surface area (Å²) in [5, 5.41) is 6.35. The zero-order chi connectivity index (χ0) is 25.9. The Morgan fingerprint density at radius 3 is 2.57 bits per heavy atom. The van der Waals surface area contributed by atoms with Crippen LogP contribution in [0.2, 0.25) is 0 Å². The lowest BCUT2D eigenvalue weighted by Gasteiger charge is -2.30. The van der Waals surface area contributed by atoms with Crippen molar-refractivity contribution in [2.75, 3.05) is 52.7 Å². The van der Waals surface area contributed by atoms with E-state index in [4.69, 9.17) is 19.3 Å². The molecule has 0 spiro atoms. The Hall–Kier alpha value is -3.43. The Labute approximate surface area is 217 Å². The number of fused-ring (bicyclic) bond motifs is 1. The Morgan fingerprint density at radius 1 is 1.03 bits per heavy atom. The summed E-state index contributed by atoms with van der Waals surface area (Å²) in [5.74, 6) is 1.03. The summed E-state index contributed by atoms with van der Waals surface area (Å²) in [4.78, 5) is 30.0. The van der Waals surface area contributed by atoms with Crippen molar-refractivity contribution in [3.05, 3.63) is 58.7 Å². The summed E-state index contributed by atoms with van der Waals surface area (Å²) in [6.45, 7) is 10.1. The van der Waals surface area contributed by atoms with Gasteiger partial charge in [0, 0.05) is 39.5 Å². The largest absolute Gasteiger partial charge is 0.454 e. The molecule has 5 rings (SSSR count). The van der Waals surface area contributed by atoms with Crippen molar-refractivity contribution in [3.8, 4) is 11.5 Å². The Morgan fingerprint density at radius 2 is 1.81 bits per heavy atom. The molecule has 9 nitrogen and oxygen atoms in total. The fourth-order valence-corrected chi connectivity index (χ4v) is 4.89. The first-order valence-corrected chi connectivity index (χ1v) is 12.8. The Bertz CT molecular complexity index is 1210. The first-order valence-electron chi connectivity index (χ1n) is 12.8. The van der Waals surface area contributed by atoms with Gasteiger partial charge in [-0.05, 0) is 54.3 Å². The van der Waals surface area contributed by atoms with Gasteiger partial charge in [-0.1, -0.05) is 18.2 Å². The predicted octanol–water partition coefficient (Wildman–Crippen LogP) is 2.89. The third-order valence-corrected chi connectivity index (χ3v) is 7.35. The molecule has 0 unspecified atom stereocenters. The number of hydrazone groups is 1. The molecule has 0 N–H and O–H groups in total. The number of amides is 2. The second-order valence-corrected chi connectivity index (χ2v) is 9.81. The average Bonchev–Trinajstić information content (AvgIpc) is 3.55. The first-order chi connectivity index (χ1) is 17.9. The minimum Gasteiger partial charge on any atom is -0.454 e. The van der Waals surface area contributed by atoms with Gasteiger partial charge in [-0.25, -0.2) is 5.01 Å². The zero-order valence-corrected chi connectivity index (χ0v) is 21.7. The molecule has 0 saturated carbocycles. The van der Waals surface area contributed by atoms with Crippen molar-refractivity contribution in [1.29, 1.82) is 0 Å². The van der Waals surface area contributed by atoms with E-state index in [1.165, 1.54) is 18.1 Å². The fraction of sp³-hybridized carbons (Fsp3) is 0.464. The SMILES string of the molecule is CC(=O)N(CCN1CCOCC1)CC(=O)N1N=C(c2ccc(C)c(C)c2)C[C@@H]1c1ccc2c(c1)OCO2. The van der Waals surface area contributed by atoms with E-state index < -0.39 is 0 Å². The second kappa shape index (κ2) is 10.9. The molecule has 9 heteroatoms. The van der Waals surface area contributed by atoms with Crippen molar-refractivity contribution in [2.24, 2.45) is 5.10 Å². The van der Waals surface area contributed by atoms with E-state index in [0.29, 0.717) is 44.2 Å². The maximum Gasteiger partial charge on any atom is 0.262 e. The van der Waals surface area contributed by atoms with E-state index in [-0.39, 0.29) is 31.2 Å². The molecule has 1 saturated heterocycles. The number of nitrogens with zero attached hydrogens (tertiary/aromatic N) is 4. The van der Waals surface area contributed by atoms with E-state index in [1.807, 2.05) is 18.2 Å². The molecule has 1 atom stereocenters. The van der Waals surface area contributed by atoms with Gasteiger partial charge in [-0.15, -0.1) is 0 Å². The van der Waals surface area contributed by atoms with Gasteiger partial charge in [0.15, 0.2) is 11.5 Å². The van der Waals surface area contributed by atoms with Gasteiger partial charge in [0.2, 0.25) is 12.7 Å². The molecule has 196 valence electrons. The van der Waals surface area contributed by atoms with Crippen LogP contribution in [0, 0.1) is 13.8 Å². The lowest BCUT2D eigenvalue weighted by molar-refractivity contribution is -0.140. The summed E-state index contributed by atoms with van der Waals surface area (Å²) in [6.07, 6.45) is 0.571. The van der Waals surface area contributed by atoms with Crippen LogP contribution in [-0.4, -0.2) is 85.1 Å². The van der Waals surface area contributed by atoms with Crippen LogP contribution in [0.3, 0.4) is 0 Å². The van der Waals surface area contributed by atoms with E-state index in [1.54, 1.807) is 9.91 Å². The standard InChI is InChI=1S/C28H34N4O5/c1-19-4-5-22(14-20(19)2)24-16-25(23-6-7-26-27(15-23)37-18-36-26)32(29-24)28(34)17-31(21(3)33)9-8-30-10-12-35-13-11-30/h4-7,14-15,25H,8-13,16-18H2,1-3H3/t25-/m1/s1. The maximum absolute atomic E-state index is 13.7. The van der Waals surface area contributed by atoms with Crippen molar-refractivity contribution in [3.63, 3.8) is 0 Å². The summed E-state index contributed by atoms with van der Waals surface area (Å²) in [7, 11) is 0. The van der Waals surface area contributed by atoms with Gasteiger partial charge in [-0.3, -0.25) is 14.5 Å². The molecule has 2 aromatic carbocycles. The first kappa shape index (κ1) is 25.2. The van der Waals surface area contributed by atoms with Crippen LogP contribution in [0.1, 0.15) is 41.6 Å². The van der Waals surface area contributed by atoms with Gasteiger partial charge in [-0.2, -0.15) is 5.10 Å². The topological polar surface area (TPSA) is 83.9 Å². The summed E-state index contributed by atoms with van der Waals surface area (Å²) < 4.78 is 16.5. The molecule has 3 aliphatic heterocycles. The van der Waals surface area contributed by atoms with Crippen LogP contribution >= 0.6 is 0 Å². The number of benzene rings is 2. The highest BCUT2D eigenvalue weighted by molar-refractivity contribution is 6.03. The van der Waals surface area contributed by atoms with Gasteiger partial charge >= 0.3 is 0 Å². The van der Waals surface area contributed by atoms with Crippen LogP contribution in [0.15, 0.2) is 41.5 Å². The lowest BCUT2D eigenvalue weighted by Crippen LogP contribution is -2.45. The average molecular weight is 507 g/mol. The Balaban J connectivity index is 1.38. The van der Waals surface area contributed by atoms with Crippen molar-refractivity contribution < 1.29 is 23.8 Å². The van der Waals surface area contributed by atoms with Crippen molar-refractivity contribution >= 4 is 17.5 Å². The summed E-state index contributed by atoms with van der Waals surface area (Å²) in [5.41, 5.74) is 5.15. The minimum atomic E-state index is -0.299. The number of carbonyl (C=O) groups excluding carboxylic acids is 2. The van der Waals surface area contributed by atoms with E-state index >= 15 is 0 Å². The smallest absolute Gasteiger partial charge is 0.262 e. The third-order valence-electron chi connectivity index (χ3n) is 7.35. The van der Waals surface area contributed by atoms with E-state index in [2.05, 4.69) is 36.9 Å². The molecule has 2 aromatic rings. The molecule has 37 heavy (non-hydrogen) atoms. The van der Waals surface area contributed by atoms with Crippen LogP contribution in [0.5, 0.6) is 11.5 Å². The number of carbonyl (C=O) groups is 2. The third kappa shape index (κ3) is 5.62. The normalized spacial score (nSPS) is 19.2. The van der Waals surface area contributed by atoms with Crippen LogP contribution in [0.4, 0.5) is 0 Å². The van der Waals surface area contributed by atoms with E-state index in [9.17, 15) is 9.59 Å². The number of ether oxygens (including phenoxy) is 3. The molecule has 0 bridgehead atoms. The zero-order valence-electron chi connectivity index (χ0n) is 21.7. The summed E-state index contributed by atoms with van der Waals surface area (Å²) >= 11 is 0. The monoisotopic (exact) mass is 506 g/mol. The number of hydrogen-bond donors (Lipinski definition) is 0. The number of morpholine rings is 1. The van der Waals surface area contributed by atoms with Gasteiger partial charge in [0.1, 0.15) is 6.54 Å². The quantitative estimate of drug-likeness (QED) is 0.574. The molecule has 0 aliphatic carbocycles.